The molecule has 2 heterocycles. The van der Waals surface area contributed by atoms with Crippen molar-refractivity contribution in [1.82, 2.24) is 24.6 Å². The molecule has 226 valence electrons. The Kier molecular flexibility index (Phi) is 11.4. The average molecular weight is 598 g/mol. The summed E-state index contributed by atoms with van der Waals surface area (Å²) in [5, 5.41) is 15.9. The highest BCUT2D eigenvalue weighted by molar-refractivity contribution is 7.52. The van der Waals surface area contributed by atoms with Gasteiger partial charge in [-0.05, 0) is 39.3 Å². The van der Waals surface area contributed by atoms with Gasteiger partial charge in [0.25, 0.3) is 0 Å². The average Bonchev–Trinajstić information content (AvgIpc) is 3.36. The van der Waals surface area contributed by atoms with Crippen molar-refractivity contribution >= 4 is 36.6 Å². The van der Waals surface area contributed by atoms with Crippen LogP contribution in [0.5, 0.6) is 5.75 Å². The molecule has 0 radical (unpaired) electrons. The summed E-state index contributed by atoms with van der Waals surface area (Å²) in [6.07, 6.45) is -2.39. The van der Waals surface area contributed by atoms with Gasteiger partial charge in [0.15, 0.2) is 17.0 Å². The first kappa shape index (κ1) is 32.2. The van der Waals surface area contributed by atoms with Gasteiger partial charge in [-0.3, -0.25) is 13.9 Å². The number of imidazole rings is 1. The summed E-state index contributed by atoms with van der Waals surface area (Å²) in [7, 11) is -2.64. The summed E-state index contributed by atoms with van der Waals surface area (Å²) in [4.78, 5) is 25.1. The highest BCUT2D eigenvalue weighted by Crippen LogP contribution is 2.45. The number of carbonyl (C=O) groups excluding carboxylic acids is 1. The third-order valence-corrected chi connectivity index (χ3v) is 7.33. The minimum Gasteiger partial charge on any atom is -0.462 e. The summed E-state index contributed by atoms with van der Waals surface area (Å²) in [5.41, 5.74) is 6.62. The molecule has 5 N–H and O–H groups in total. The Balaban J connectivity index is 1.85. The lowest BCUT2D eigenvalue weighted by molar-refractivity contribution is -0.149. The number of rotatable bonds is 16. The maximum absolute atomic E-state index is 13.8. The van der Waals surface area contributed by atoms with Gasteiger partial charge in [0.2, 0.25) is 5.95 Å². The number of hydrogen-bond donors (Lipinski definition) is 4. The second-order valence-corrected chi connectivity index (χ2v) is 11.0. The second kappa shape index (κ2) is 14.5. The number of benzene rings is 1. The minimum atomic E-state index is -4.30. The molecule has 0 bridgehead atoms. The highest BCUT2D eigenvalue weighted by atomic mass is 31.2. The molecule has 0 saturated carbocycles. The first-order valence-corrected chi connectivity index (χ1v) is 14.6. The van der Waals surface area contributed by atoms with Crippen LogP contribution in [-0.4, -0.2) is 75.3 Å². The van der Waals surface area contributed by atoms with Gasteiger partial charge in [-0.25, -0.2) is 13.9 Å². The SMILES string of the molecule is CC[C@@H](O[C@H](CO[P@@](=O)(N[C@@H](C)C(=O)OC(C)C)Oc1ccccc1)[C@@H](O)CF)n1cnc2c(NC)nc(N)nc21. The van der Waals surface area contributed by atoms with E-state index < -0.39 is 57.6 Å². The van der Waals surface area contributed by atoms with Gasteiger partial charge in [0.05, 0.1) is 19.0 Å². The number of alkyl halides is 1. The molecule has 14 nitrogen and oxygen atoms in total. The zero-order chi connectivity index (χ0) is 30.2. The topological polar surface area (TPSA) is 185 Å². The van der Waals surface area contributed by atoms with E-state index in [0.717, 1.165) is 0 Å². The molecule has 0 aliphatic heterocycles. The van der Waals surface area contributed by atoms with Crippen LogP contribution in [-0.2, 0) is 23.4 Å². The smallest absolute Gasteiger partial charge is 0.459 e. The largest absolute Gasteiger partial charge is 0.462 e. The van der Waals surface area contributed by atoms with E-state index >= 15 is 0 Å². The van der Waals surface area contributed by atoms with Crippen molar-refractivity contribution in [2.45, 2.75) is 64.7 Å². The number of aliphatic hydroxyl groups excluding tert-OH is 1. The molecule has 0 amide bonds. The Hall–Kier alpha value is -3.36. The first-order valence-electron chi connectivity index (χ1n) is 13.0. The number of fused-ring (bicyclic) bond motifs is 1. The summed E-state index contributed by atoms with van der Waals surface area (Å²) < 4.78 is 51.6. The van der Waals surface area contributed by atoms with E-state index in [-0.39, 0.29) is 11.7 Å². The molecule has 41 heavy (non-hydrogen) atoms. The lowest BCUT2D eigenvalue weighted by atomic mass is 10.2. The molecule has 2 aromatic heterocycles. The number of esters is 1. The number of nitrogens with zero attached hydrogens (tertiary/aromatic N) is 4. The standard InChI is InChI=1S/C25H37FN7O7P/c1-6-20(33-14-29-21-22(28-5)30-25(27)31-23(21)33)39-19(18(34)12-26)13-37-41(36,40-17-10-8-7-9-11-17)32-16(4)24(35)38-15(2)3/h7-11,14-16,18-20,34H,6,12-13H2,1-5H3,(H,32,36)(H3,27,28,30,31)/t16-,18-,19+,20+,41-/m0/s1. The summed E-state index contributed by atoms with van der Waals surface area (Å²) in [6, 6.07) is 7.05. The van der Waals surface area contributed by atoms with Crippen LogP contribution in [0.15, 0.2) is 36.7 Å². The fraction of sp³-hybridized carbons (Fsp3) is 0.520. The number of para-hydroxylation sites is 1. The third kappa shape index (κ3) is 8.57. The monoisotopic (exact) mass is 597 g/mol. The van der Waals surface area contributed by atoms with E-state index in [1.54, 1.807) is 62.7 Å². The van der Waals surface area contributed by atoms with Crippen molar-refractivity contribution < 1.29 is 37.4 Å². The van der Waals surface area contributed by atoms with E-state index in [2.05, 4.69) is 25.4 Å². The Morgan fingerprint density at radius 2 is 1.93 bits per heavy atom. The Bertz CT molecular complexity index is 1330. The highest BCUT2D eigenvalue weighted by Gasteiger charge is 2.35. The van der Waals surface area contributed by atoms with Crippen molar-refractivity contribution in [3.05, 3.63) is 36.7 Å². The maximum atomic E-state index is 13.8. The number of nitrogens with two attached hydrogens (primary N) is 1. The fourth-order valence-electron chi connectivity index (χ4n) is 3.73. The van der Waals surface area contributed by atoms with E-state index in [0.29, 0.717) is 23.4 Å². The van der Waals surface area contributed by atoms with Crippen LogP contribution in [0, 0.1) is 0 Å². The molecular weight excluding hydrogens is 560 g/mol. The third-order valence-electron chi connectivity index (χ3n) is 5.69. The van der Waals surface area contributed by atoms with Gasteiger partial charge in [0.1, 0.15) is 36.9 Å². The van der Waals surface area contributed by atoms with Crippen LogP contribution in [0.3, 0.4) is 0 Å². The Morgan fingerprint density at radius 1 is 1.22 bits per heavy atom. The van der Waals surface area contributed by atoms with Crippen LogP contribution in [0.2, 0.25) is 0 Å². The molecule has 16 heteroatoms. The molecule has 0 unspecified atom stereocenters. The maximum Gasteiger partial charge on any atom is 0.459 e. The summed E-state index contributed by atoms with van der Waals surface area (Å²) in [6.45, 7) is 4.83. The lowest BCUT2D eigenvalue weighted by Crippen LogP contribution is -2.39. The van der Waals surface area contributed by atoms with Crippen molar-refractivity contribution in [1.29, 1.82) is 0 Å². The fourth-order valence-corrected chi connectivity index (χ4v) is 5.23. The number of anilines is 2. The number of nitrogen functional groups attached to an aromatic ring is 1. The zero-order valence-electron chi connectivity index (χ0n) is 23.6. The number of nitrogens with one attached hydrogen (secondary N) is 2. The van der Waals surface area contributed by atoms with Crippen LogP contribution in [0.1, 0.15) is 40.3 Å². The second-order valence-electron chi connectivity index (χ2n) is 9.30. The number of carbonyl (C=O) groups is 1. The van der Waals surface area contributed by atoms with Gasteiger partial charge in [-0.1, -0.05) is 25.1 Å². The summed E-state index contributed by atoms with van der Waals surface area (Å²) in [5.74, 6) is -0.0974. The predicted octanol–water partition coefficient (Wildman–Crippen LogP) is 3.21. The minimum absolute atomic E-state index is 0.00248. The molecule has 1 aromatic carbocycles. The molecule has 0 fully saturated rings. The Morgan fingerprint density at radius 3 is 2.54 bits per heavy atom. The van der Waals surface area contributed by atoms with Crippen molar-refractivity contribution in [3.8, 4) is 5.75 Å². The molecular formula is C25H37FN7O7P. The number of halogens is 1. The molecule has 5 atom stereocenters. The van der Waals surface area contributed by atoms with E-state index in [1.807, 2.05) is 0 Å². The molecule has 0 spiro atoms. The van der Waals surface area contributed by atoms with Gasteiger partial charge in [-0.2, -0.15) is 15.1 Å². The number of ether oxygens (including phenoxy) is 2. The molecule has 0 saturated heterocycles. The van der Waals surface area contributed by atoms with Gasteiger partial charge in [-0.15, -0.1) is 0 Å². The van der Waals surface area contributed by atoms with E-state index in [1.165, 1.54) is 13.3 Å². The van der Waals surface area contributed by atoms with Crippen LogP contribution in [0.4, 0.5) is 16.2 Å². The molecule has 0 aliphatic rings. The number of aliphatic hydroxyl groups is 1. The van der Waals surface area contributed by atoms with Crippen molar-refractivity contribution in [2.24, 2.45) is 0 Å². The normalized spacial score (nSPS) is 16.1. The van der Waals surface area contributed by atoms with E-state index in [9.17, 15) is 18.9 Å². The molecule has 3 rings (SSSR count). The summed E-state index contributed by atoms with van der Waals surface area (Å²) >= 11 is 0. The quantitative estimate of drug-likeness (QED) is 0.139. The van der Waals surface area contributed by atoms with Gasteiger partial charge in [0, 0.05) is 7.05 Å². The van der Waals surface area contributed by atoms with Crippen molar-refractivity contribution in [3.63, 3.8) is 0 Å². The van der Waals surface area contributed by atoms with Crippen LogP contribution >= 0.6 is 7.75 Å². The van der Waals surface area contributed by atoms with E-state index in [4.69, 9.17) is 24.3 Å². The zero-order valence-corrected chi connectivity index (χ0v) is 24.5. The first-order chi connectivity index (χ1) is 19.5. The lowest BCUT2D eigenvalue weighted by Gasteiger charge is -2.29. The van der Waals surface area contributed by atoms with Gasteiger partial charge < -0.3 is 30.2 Å². The van der Waals surface area contributed by atoms with Crippen LogP contribution < -0.4 is 20.7 Å². The number of aromatic nitrogens is 4. The van der Waals surface area contributed by atoms with Gasteiger partial charge >= 0.3 is 13.7 Å². The predicted molar refractivity (Wildman–Crippen MR) is 150 cm³/mol. The molecule has 0 aliphatic carbocycles. The van der Waals surface area contributed by atoms with Crippen LogP contribution in [0.25, 0.3) is 11.2 Å². The molecule has 3 aromatic rings. The number of hydrogen-bond acceptors (Lipinski definition) is 12. The Labute approximate surface area is 237 Å². The van der Waals surface area contributed by atoms with Crippen molar-refractivity contribution in [2.75, 3.05) is 31.4 Å².